The second kappa shape index (κ2) is 10.1. The van der Waals surface area contributed by atoms with Gasteiger partial charge in [0.25, 0.3) is 5.91 Å². The van der Waals surface area contributed by atoms with Crippen LogP contribution in [0.25, 0.3) is 0 Å². The number of nitrogens with zero attached hydrogens (tertiary/aromatic N) is 3. The fourth-order valence-corrected chi connectivity index (χ4v) is 5.01. The minimum atomic E-state index is -0.0775. The molecule has 0 fully saturated rings. The van der Waals surface area contributed by atoms with E-state index in [0.717, 1.165) is 44.8 Å². The minimum absolute atomic E-state index is 0.0775. The molecular weight excluding hydrogens is 436 g/mol. The van der Waals surface area contributed by atoms with E-state index in [1.54, 1.807) is 23.1 Å². The van der Waals surface area contributed by atoms with Gasteiger partial charge in [-0.05, 0) is 50.6 Å². The third-order valence-corrected chi connectivity index (χ3v) is 7.17. The standard InChI is InChI=1S/C25H26N4OS2/c1-17-24(18(2)29(28-17)14-20-7-5-4-6-8-20)13-26-25(30)21-9-11-23(12-10-21)32-16-22-15-31-19(3)27-22/h4-12,15H,13-14,16H2,1-3H3,(H,26,30). The third-order valence-electron chi connectivity index (χ3n) is 5.30. The number of nitrogens with one attached hydrogen (secondary N) is 1. The van der Waals surface area contributed by atoms with Crippen LogP contribution in [0.5, 0.6) is 0 Å². The molecule has 2 aromatic heterocycles. The van der Waals surface area contributed by atoms with Crippen LogP contribution in [-0.2, 0) is 18.8 Å². The molecule has 2 aromatic carbocycles. The zero-order chi connectivity index (χ0) is 22.5. The Kier molecular flexibility index (Phi) is 7.07. The average molecular weight is 463 g/mol. The second-order valence-corrected chi connectivity index (χ2v) is 9.76. The molecular formula is C25H26N4OS2. The number of carbonyl (C=O) groups excluding carboxylic acids is 1. The lowest BCUT2D eigenvalue weighted by molar-refractivity contribution is 0.0951. The Morgan fingerprint density at radius 3 is 2.50 bits per heavy atom. The fraction of sp³-hybridized carbons (Fsp3) is 0.240. The van der Waals surface area contributed by atoms with E-state index < -0.39 is 0 Å². The quantitative estimate of drug-likeness (QED) is 0.350. The van der Waals surface area contributed by atoms with Gasteiger partial charge in [0.1, 0.15) is 0 Å². The number of hydrogen-bond acceptors (Lipinski definition) is 5. The van der Waals surface area contributed by atoms with Crippen LogP contribution in [0.15, 0.2) is 64.9 Å². The number of amides is 1. The van der Waals surface area contributed by atoms with Gasteiger partial charge in [-0.25, -0.2) is 4.98 Å². The molecule has 2 heterocycles. The molecule has 0 saturated carbocycles. The van der Waals surface area contributed by atoms with E-state index in [-0.39, 0.29) is 5.91 Å². The van der Waals surface area contributed by atoms with Crippen molar-refractivity contribution in [3.8, 4) is 0 Å². The first kappa shape index (κ1) is 22.3. The Hall–Kier alpha value is -2.90. The fourth-order valence-electron chi connectivity index (χ4n) is 3.51. The Labute approximate surface area is 196 Å². The first-order chi connectivity index (χ1) is 15.5. The molecule has 4 rings (SSSR count). The van der Waals surface area contributed by atoms with E-state index in [1.807, 2.05) is 61.0 Å². The van der Waals surface area contributed by atoms with Crippen molar-refractivity contribution in [1.82, 2.24) is 20.1 Å². The van der Waals surface area contributed by atoms with Crippen molar-refractivity contribution in [3.05, 3.63) is 98.8 Å². The van der Waals surface area contributed by atoms with Crippen LogP contribution in [0.3, 0.4) is 0 Å². The first-order valence-corrected chi connectivity index (χ1v) is 12.3. The second-order valence-electron chi connectivity index (χ2n) is 7.65. The van der Waals surface area contributed by atoms with Gasteiger partial charge in [-0.1, -0.05) is 30.3 Å². The highest BCUT2D eigenvalue weighted by molar-refractivity contribution is 7.98. The van der Waals surface area contributed by atoms with Crippen molar-refractivity contribution in [1.29, 1.82) is 0 Å². The molecule has 4 aromatic rings. The van der Waals surface area contributed by atoms with Crippen LogP contribution in [0.2, 0.25) is 0 Å². The van der Waals surface area contributed by atoms with Gasteiger partial charge in [-0.3, -0.25) is 9.48 Å². The number of aromatic nitrogens is 3. The van der Waals surface area contributed by atoms with Crippen LogP contribution < -0.4 is 5.32 Å². The molecule has 0 atom stereocenters. The van der Waals surface area contributed by atoms with Crippen LogP contribution >= 0.6 is 23.1 Å². The summed E-state index contributed by atoms with van der Waals surface area (Å²) in [7, 11) is 0. The zero-order valence-electron chi connectivity index (χ0n) is 18.5. The summed E-state index contributed by atoms with van der Waals surface area (Å²) in [5, 5.41) is 10.9. The average Bonchev–Trinajstić information content (AvgIpc) is 3.34. The van der Waals surface area contributed by atoms with Crippen molar-refractivity contribution < 1.29 is 4.79 Å². The predicted molar refractivity (Wildman–Crippen MR) is 131 cm³/mol. The summed E-state index contributed by atoms with van der Waals surface area (Å²) in [6.07, 6.45) is 0. The largest absolute Gasteiger partial charge is 0.348 e. The van der Waals surface area contributed by atoms with Gasteiger partial charge in [0, 0.05) is 39.4 Å². The van der Waals surface area contributed by atoms with Crippen LogP contribution in [0, 0.1) is 20.8 Å². The number of hydrogen-bond donors (Lipinski definition) is 1. The van der Waals surface area contributed by atoms with Crippen molar-refractivity contribution in [3.63, 3.8) is 0 Å². The first-order valence-electron chi connectivity index (χ1n) is 10.5. The Morgan fingerprint density at radius 2 is 1.81 bits per heavy atom. The van der Waals surface area contributed by atoms with E-state index in [0.29, 0.717) is 12.1 Å². The van der Waals surface area contributed by atoms with E-state index in [2.05, 4.69) is 39.8 Å². The van der Waals surface area contributed by atoms with Gasteiger partial charge in [0.2, 0.25) is 0 Å². The highest BCUT2D eigenvalue weighted by Crippen LogP contribution is 2.24. The lowest BCUT2D eigenvalue weighted by Gasteiger charge is -2.08. The van der Waals surface area contributed by atoms with Crippen LogP contribution in [0.4, 0.5) is 0 Å². The number of rotatable bonds is 8. The number of thiazole rings is 1. The van der Waals surface area contributed by atoms with Crippen molar-refractivity contribution in [2.45, 2.75) is 44.5 Å². The summed E-state index contributed by atoms with van der Waals surface area (Å²) in [4.78, 5) is 18.3. The van der Waals surface area contributed by atoms with Crippen molar-refractivity contribution in [2.75, 3.05) is 0 Å². The van der Waals surface area contributed by atoms with E-state index in [4.69, 9.17) is 0 Å². The maximum Gasteiger partial charge on any atom is 0.251 e. The highest BCUT2D eigenvalue weighted by atomic mass is 32.2. The van der Waals surface area contributed by atoms with Gasteiger partial charge < -0.3 is 5.32 Å². The van der Waals surface area contributed by atoms with Crippen molar-refractivity contribution >= 4 is 29.0 Å². The molecule has 0 unspecified atom stereocenters. The lowest BCUT2D eigenvalue weighted by atomic mass is 10.1. The van der Waals surface area contributed by atoms with E-state index >= 15 is 0 Å². The Balaban J connectivity index is 1.34. The maximum absolute atomic E-state index is 12.7. The number of thioether (sulfide) groups is 1. The Morgan fingerprint density at radius 1 is 1.06 bits per heavy atom. The predicted octanol–water partition coefficient (Wildman–Crippen LogP) is 5.54. The minimum Gasteiger partial charge on any atom is -0.348 e. The topological polar surface area (TPSA) is 59.8 Å². The molecule has 0 saturated heterocycles. The van der Waals surface area contributed by atoms with Crippen LogP contribution in [-0.4, -0.2) is 20.7 Å². The summed E-state index contributed by atoms with van der Waals surface area (Å²) in [5.41, 5.74) is 6.05. The van der Waals surface area contributed by atoms with E-state index in [1.165, 1.54) is 5.56 Å². The molecule has 0 aliphatic heterocycles. The van der Waals surface area contributed by atoms with Crippen LogP contribution in [0.1, 0.15) is 43.6 Å². The molecule has 32 heavy (non-hydrogen) atoms. The Bertz CT molecular complexity index is 1200. The van der Waals surface area contributed by atoms with Gasteiger partial charge >= 0.3 is 0 Å². The highest BCUT2D eigenvalue weighted by Gasteiger charge is 2.14. The molecule has 164 valence electrons. The van der Waals surface area contributed by atoms with Gasteiger partial charge in [0.05, 0.1) is 22.9 Å². The van der Waals surface area contributed by atoms with Gasteiger partial charge in [-0.15, -0.1) is 23.1 Å². The summed E-state index contributed by atoms with van der Waals surface area (Å²) in [6.45, 7) is 7.25. The molecule has 5 nitrogen and oxygen atoms in total. The van der Waals surface area contributed by atoms with Gasteiger partial charge in [0.15, 0.2) is 0 Å². The SMILES string of the molecule is Cc1nc(CSc2ccc(C(=O)NCc3c(C)nn(Cc4ccccc4)c3C)cc2)cs1. The summed E-state index contributed by atoms with van der Waals surface area (Å²) >= 11 is 3.40. The smallest absolute Gasteiger partial charge is 0.251 e. The third kappa shape index (κ3) is 5.47. The zero-order valence-corrected chi connectivity index (χ0v) is 20.1. The summed E-state index contributed by atoms with van der Waals surface area (Å²) in [5.74, 6) is 0.757. The van der Waals surface area contributed by atoms with Crippen molar-refractivity contribution in [2.24, 2.45) is 0 Å². The lowest BCUT2D eigenvalue weighted by Crippen LogP contribution is -2.23. The molecule has 0 spiro atoms. The molecule has 0 bridgehead atoms. The molecule has 1 amide bonds. The molecule has 0 aliphatic carbocycles. The number of aryl methyl sites for hydroxylation is 2. The molecule has 0 radical (unpaired) electrons. The number of benzene rings is 2. The molecule has 7 heteroatoms. The number of carbonyl (C=O) groups is 1. The maximum atomic E-state index is 12.7. The summed E-state index contributed by atoms with van der Waals surface area (Å²) in [6, 6.07) is 18.0. The molecule has 0 aliphatic rings. The summed E-state index contributed by atoms with van der Waals surface area (Å²) < 4.78 is 2.00. The monoisotopic (exact) mass is 462 g/mol. The van der Waals surface area contributed by atoms with Gasteiger partial charge in [-0.2, -0.15) is 5.10 Å². The normalized spacial score (nSPS) is 11.0. The molecule has 1 N–H and O–H groups in total. The van der Waals surface area contributed by atoms with E-state index in [9.17, 15) is 4.79 Å².